The van der Waals surface area contributed by atoms with Crippen molar-refractivity contribution in [2.24, 2.45) is 0 Å². The van der Waals surface area contributed by atoms with E-state index in [0.717, 1.165) is 6.42 Å². The lowest BCUT2D eigenvalue weighted by molar-refractivity contribution is 1.09. The molecule has 24 heavy (non-hydrogen) atoms. The van der Waals surface area contributed by atoms with Gasteiger partial charge in [-0.15, -0.1) is 0 Å². The number of hydrogen-bond donors (Lipinski definition) is 0. The van der Waals surface area contributed by atoms with E-state index in [-0.39, 0.29) is 0 Å². The molecular formula is C24H30. The van der Waals surface area contributed by atoms with Crippen molar-refractivity contribution in [2.45, 2.75) is 40.5 Å². The maximum absolute atomic E-state index is 2.28. The van der Waals surface area contributed by atoms with Crippen molar-refractivity contribution in [1.82, 2.24) is 0 Å². The molecule has 1 aliphatic carbocycles. The topological polar surface area (TPSA) is 0 Å². The minimum absolute atomic E-state index is 0.983. The molecule has 0 heterocycles. The molecule has 3 rings (SSSR count). The summed E-state index contributed by atoms with van der Waals surface area (Å²) >= 11 is 0. The van der Waals surface area contributed by atoms with E-state index in [1.165, 1.54) is 28.7 Å². The van der Waals surface area contributed by atoms with Crippen LogP contribution in [0.25, 0.3) is 11.1 Å². The normalized spacial score (nSPS) is 12.5. The quantitative estimate of drug-likeness (QED) is 0.536. The van der Waals surface area contributed by atoms with Gasteiger partial charge in [0, 0.05) is 0 Å². The number of allylic oxidation sites excluding steroid dienone is 6. The van der Waals surface area contributed by atoms with Crippen molar-refractivity contribution in [2.75, 3.05) is 0 Å². The van der Waals surface area contributed by atoms with E-state index in [2.05, 4.69) is 98.8 Å². The van der Waals surface area contributed by atoms with Crippen molar-refractivity contribution in [3.05, 3.63) is 96.1 Å². The largest absolute Gasteiger partial charge is 0.0801 e. The van der Waals surface area contributed by atoms with Gasteiger partial charge in [0.25, 0.3) is 0 Å². The number of benzene rings is 2. The fourth-order valence-corrected chi connectivity index (χ4v) is 2.31. The zero-order valence-electron chi connectivity index (χ0n) is 15.5. The van der Waals surface area contributed by atoms with Crippen LogP contribution in [0.1, 0.15) is 51.7 Å². The van der Waals surface area contributed by atoms with Gasteiger partial charge in [0.1, 0.15) is 0 Å². The number of hydrogen-bond acceptors (Lipinski definition) is 0. The Labute approximate surface area is 148 Å². The van der Waals surface area contributed by atoms with Crippen molar-refractivity contribution in [3.63, 3.8) is 0 Å². The Morgan fingerprint density at radius 2 is 1.17 bits per heavy atom. The van der Waals surface area contributed by atoms with Crippen LogP contribution in [0, 0.1) is 0 Å². The van der Waals surface area contributed by atoms with Gasteiger partial charge in [-0.2, -0.15) is 0 Å². The van der Waals surface area contributed by atoms with Gasteiger partial charge in [0.2, 0.25) is 0 Å². The van der Waals surface area contributed by atoms with Gasteiger partial charge < -0.3 is 0 Å². The Kier molecular flexibility index (Phi) is 9.96. The summed E-state index contributed by atoms with van der Waals surface area (Å²) in [6, 6.07) is 21.1. The van der Waals surface area contributed by atoms with E-state index in [9.17, 15) is 0 Å². The summed E-state index contributed by atoms with van der Waals surface area (Å²) in [6.45, 7) is 8.25. The van der Waals surface area contributed by atoms with E-state index in [1.54, 1.807) is 0 Å². The van der Waals surface area contributed by atoms with Crippen LogP contribution in [-0.4, -0.2) is 0 Å². The SMILES string of the molecule is C1=CC(c2ccccc2)=CC(c2ccccc2)=CC1.CC.CCC. The van der Waals surface area contributed by atoms with Crippen molar-refractivity contribution in [3.8, 4) is 0 Å². The summed E-state index contributed by atoms with van der Waals surface area (Å²) in [4.78, 5) is 0. The predicted molar refractivity (Wildman–Crippen MR) is 110 cm³/mol. The van der Waals surface area contributed by atoms with E-state index in [0.29, 0.717) is 0 Å². The molecule has 0 N–H and O–H groups in total. The van der Waals surface area contributed by atoms with Crippen LogP contribution in [-0.2, 0) is 0 Å². The first kappa shape index (κ1) is 19.7. The first-order chi connectivity index (χ1) is 11.8. The summed E-state index contributed by atoms with van der Waals surface area (Å²) in [7, 11) is 0. The third kappa shape index (κ3) is 6.42. The monoisotopic (exact) mass is 318 g/mol. The third-order valence-electron chi connectivity index (χ3n) is 3.30. The first-order valence-corrected chi connectivity index (χ1v) is 9.04. The van der Waals surface area contributed by atoms with Crippen LogP contribution >= 0.6 is 0 Å². The Balaban J connectivity index is 0.000000521. The van der Waals surface area contributed by atoms with Gasteiger partial charge in [-0.1, -0.05) is 113 Å². The van der Waals surface area contributed by atoms with E-state index < -0.39 is 0 Å². The predicted octanol–water partition coefficient (Wildman–Crippen LogP) is 7.56. The zero-order valence-corrected chi connectivity index (χ0v) is 15.5. The van der Waals surface area contributed by atoms with Crippen LogP contribution in [0.4, 0.5) is 0 Å². The lowest BCUT2D eigenvalue weighted by Gasteiger charge is -2.05. The van der Waals surface area contributed by atoms with Gasteiger partial charge in [-0.3, -0.25) is 0 Å². The fraction of sp³-hybridized carbons (Fsp3) is 0.250. The average molecular weight is 319 g/mol. The highest BCUT2D eigenvalue weighted by Gasteiger charge is 2.04. The van der Waals surface area contributed by atoms with Gasteiger partial charge in [-0.25, -0.2) is 0 Å². The molecule has 0 bridgehead atoms. The summed E-state index contributed by atoms with van der Waals surface area (Å²) in [5.41, 5.74) is 5.11. The second kappa shape index (κ2) is 12.1. The summed E-state index contributed by atoms with van der Waals surface area (Å²) < 4.78 is 0. The summed E-state index contributed by atoms with van der Waals surface area (Å²) in [5, 5.41) is 0. The molecule has 2 aromatic carbocycles. The highest BCUT2D eigenvalue weighted by molar-refractivity contribution is 5.88. The molecule has 0 spiro atoms. The molecule has 0 unspecified atom stereocenters. The van der Waals surface area contributed by atoms with E-state index in [1.807, 2.05) is 13.8 Å². The van der Waals surface area contributed by atoms with Gasteiger partial charge in [-0.05, 0) is 34.8 Å². The van der Waals surface area contributed by atoms with Crippen LogP contribution in [0.2, 0.25) is 0 Å². The van der Waals surface area contributed by atoms with E-state index >= 15 is 0 Å². The molecular weight excluding hydrogens is 288 g/mol. The Morgan fingerprint density at radius 3 is 1.67 bits per heavy atom. The van der Waals surface area contributed by atoms with Gasteiger partial charge >= 0.3 is 0 Å². The Morgan fingerprint density at radius 1 is 0.708 bits per heavy atom. The second-order valence-corrected chi connectivity index (χ2v) is 5.34. The van der Waals surface area contributed by atoms with Gasteiger partial charge in [0.05, 0.1) is 0 Å². The maximum Gasteiger partial charge on any atom is -0.0157 e. The van der Waals surface area contributed by atoms with E-state index in [4.69, 9.17) is 0 Å². The lowest BCUT2D eigenvalue weighted by Crippen LogP contribution is -1.83. The molecule has 0 amide bonds. The molecule has 0 saturated carbocycles. The highest BCUT2D eigenvalue weighted by Crippen LogP contribution is 2.26. The lowest BCUT2D eigenvalue weighted by atomic mass is 10.00. The molecule has 126 valence electrons. The maximum atomic E-state index is 2.28. The molecule has 0 atom stereocenters. The second-order valence-electron chi connectivity index (χ2n) is 5.34. The molecule has 0 aliphatic heterocycles. The van der Waals surface area contributed by atoms with Crippen LogP contribution < -0.4 is 0 Å². The smallest absolute Gasteiger partial charge is 0.0157 e. The van der Waals surface area contributed by atoms with Crippen molar-refractivity contribution < 1.29 is 0 Å². The first-order valence-electron chi connectivity index (χ1n) is 9.04. The Bertz CT molecular complexity index is 643. The van der Waals surface area contributed by atoms with Crippen LogP contribution in [0.15, 0.2) is 85.0 Å². The molecule has 2 aromatic rings. The molecule has 0 fully saturated rings. The molecule has 0 aromatic heterocycles. The van der Waals surface area contributed by atoms with Gasteiger partial charge in [0.15, 0.2) is 0 Å². The Hall–Kier alpha value is -2.34. The standard InChI is InChI=1S/C19H16.C3H8.C2H6/c1-3-9-16(10-4-1)18-13-7-8-14-19(15-18)17-11-5-2-6-12-17;1-3-2;1-2/h1-7,9-15H,8H2;3H2,1-2H3;1-2H3. The average Bonchev–Trinajstić information content (AvgIpc) is 2.92. The molecule has 0 heteroatoms. The molecule has 1 aliphatic rings. The van der Waals surface area contributed by atoms with Crippen LogP contribution in [0.3, 0.4) is 0 Å². The minimum atomic E-state index is 0.983. The minimum Gasteiger partial charge on any atom is -0.0801 e. The highest BCUT2D eigenvalue weighted by atomic mass is 14.1. The third-order valence-corrected chi connectivity index (χ3v) is 3.30. The molecule has 0 saturated heterocycles. The fourth-order valence-electron chi connectivity index (χ4n) is 2.31. The van der Waals surface area contributed by atoms with Crippen molar-refractivity contribution in [1.29, 1.82) is 0 Å². The zero-order chi connectivity index (χ0) is 17.6. The summed E-state index contributed by atoms with van der Waals surface area (Å²) in [5.74, 6) is 0. The number of rotatable bonds is 2. The molecule has 0 radical (unpaired) electrons. The van der Waals surface area contributed by atoms with Crippen molar-refractivity contribution >= 4 is 11.1 Å². The molecule has 0 nitrogen and oxygen atoms in total. The van der Waals surface area contributed by atoms with Crippen LogP contribution in [0.5, 0.6) is 0 Å². The summed E-state index contributed by atoms with van der Waals surface area (Å²) in [6.07, 6.45) is 11.2.